The molecule has 0 amide bonds. The third-order valence-electron chi connectivity index (χ3n) is 1.86. The van der Waals surface area contributed by atoms with Crippen LogP contribution in [0.4, 0.5) is 0 Å². The second-order valence-electron chi connectivity index (χ2n) is 2.96. The first-order chi connectivity index (χ1) is 8.69. The lowest BCUT2D eigenvalue weighted by molar-refractivity contribution is 0.0696. The minimum Gasteiger partial charge on any atom is -0.478 e. The van der Waals surface area contributed by atoms with Gasteiger partial charge < -0.3 is 10.4 Å². The Balaban J connectivity index is 0.00000137. The van der Waals surface area contributed by atoms with E-state index in [2.05, 4.69) is 15.3 Å². The Labute approximate surface area is 107 Å². The standard InChI is InChI=1S/C11H13N3O2.C2H6/c1-3-4-5-9(12-2)10-13-6-8(7-14-10)11(15)16;1-2/h3-7,12H,1-2H3,(H,15,16);1-2H3/b4-3-,9-5-;. The van der Waals surface area contributed by atoms with E-state index in [0.717, 1.165) is 5.70 Å². The molecule has 0 fully saturated rings. The molecule has 18 heavy (non-hydrogen) atoms. The van der Waals surface area contributed by atoms with Crippen molar-refractivity contribution in [3.63, 3.8) is 0 Å². The predicted octanol–water partition coefficient (Wildman–Crippen LogP) is 2.34. The van der Waals surface area contributed by atoms with Crippen LogP contribution in [-0.2, 0) is 0 Å². The first-order valence-corrected chi connectivity index (χ1v) is 5.75. The molecule has 0 saturated carbocycles. The molecule has 2 N–H and O–H groups in total. The highest BCUT2D eigenvalue weighted by atomic mass is 16.4. The van der Waals surface area contributed by atoms with Gasteiger partial charge >= 0.3 is 5.97 Å². The van der Waals surface area contributed by atoms with Crippen LogP contribution in [0.5, 0.6) is 0 Å². The van der Waals surface area contributed by atoms with Crippen molar-refractivity contribution < 1.29 is 9.90 Å². The summed E-state index contributed by atoms with van der Waals surface area (Å²) < 4.78 is 0. The summed E-state index contributed by atoms with van der Waals surface area (Å²) in [7, 11) is 1.75. The van der Waals surface area contributed by atoms with Gasteiger partial charge in [0.1, 0.15) is 0 Å². The quantitative estimate of drug-likeness (QED) is 0.801. The average molecular weight is 249 g/mol. The highest BCUT2D eigenvalue weighted by Crippen LogP contribution is 2.05. The van der Waals surface area contributed by atoms with E-state index >= 15 is 0 Å². The molecule has 1 heterocycles. The fraction of sp³-hybridized carbons (Fsp3) is 0.308. The van der Waals surface area contributed by atoms with E-state index < -0.39 is 5.97 Å². The van der Waals surface area contributed by atoms with Gasteiger partial charge in [-0.3, -0.25) is 0 Å². The first kappa shape index (κ1) is 15.8. The Morgan fingerprint density at radius 3 is 2.28 bits per heavy atom. The number of hydrogen-bond acceptors (Lipinski definition) is 4. The van der Waals surface area contributed by atoms with E-state index in [1.807, 2.05) is 39.0 Å². The van der Waals surface area contributed by atoms with Gasteiger partial charge in [-0.2, -0.15) is 0 Å². The molecule has 0 spiro atoms. The summed E-state index contributed by atoms with van der Waals surface area (Å²) in [5.74, 6) is -0.569. The van der Waals surface area contributed by atoms with Crippen LogP contribution in [-0.4, -0.2) is 28.1 Å². The number of carboxylic acid groups (broad SMARTS) is 1. The molecule has 0 atom stereocenters. The molecular formula is C13H19N3O2. The summed E-state index contributed by atoms with van der Waals surface area (Å²) in [5.41, 5.74) is 0.806. The number of aromatic nitrogens is 2. The van der Waals surface area contributed by atoms with E-state index in [0.29, 0.717) is 5.82 Å². The third kappa shape index (κ3) is 4.78. The van der Waals surface area contributed by atoms with Crippen molar-refractivity contribution in [3.05, 3.63) is 42.0 Å². The van der Waals surface area contributed by atoms with Crippen LogP contribution >= 0.6 is 0 Å². The monoisotopic (exact) mass is 249 g/mol. The molecule has 0 aliphatic heterocycles. The van der Waals surface area contributed by atoms with Crippen LogP contribution in [0.2, 0.25) is 0 Å². The van der Waals surface area contributed by atoms with Crippen LogP contribution in [0.15, 0.2) is 30.6 Å². The lowest BCUT2D eigenvalue weighted by Crippen LogP contribution is -2.09. The average Bonchev–Trinajstić information content (AvgIpc) is 2.42. The second-order valence-corrected chi connectivity index (χ2v) is 2.96. The van der Waals surface area contributed by atoms with Gasteiger partial charge in [0.25, 0.3) is 0 Å². The molecule has 0 bridgehead atoms. The van der Waals surface area contributed by atoms with Gasteiger partial charge in [0.15, 0.2) is 5.82 Å². The molecule has 1 aromatic heterocycles. The molecule has 5 nitrogen and oxygen atoms in total. The zero-order chi connectivity index (χ0) is 14.0. The molecule has 0 radical (unpaired) electrons. The normalized spacial score (nSPS) is 10.8. The zero-order valence-electron chi connectivity index (χ0n) is 11.1. The highest BCUT2D eigenvalue weighted by Gasteiger charge is 2.06. The lowest BCUT2D eigenvalue weighted by atomic mass is 10.3. The maximum absolute atomic E-state index is 10.6. The molecule has 0 unspecified atom stereocenters. The van der Waals surface area contributed by atoms with Gasteiger partial charge in [0.05, 0.1) is 11.3 Å². The minimum absolute atomic E-state index is 0.0743. The van der Waals surface area contributed by atoms with Crippen LogP contribution in [0.1, 0.15) is 37.0 Å². The Morgan fingerprint density at radius 2 is 1.89 bits per heavy atom. The number of hydrogen-bond donors (Lipinski definition) is 2. The predicted molar refractivity (Wildman–Crippen MR) is 72.2 cm³/mol. The lowest BCUT2D eigenvalue weighted by Gasteiger charge is -2.03. The van der Waals surface area contributed by atoms with E-state index in [1.165, 1.54) is 12.4 Å². The largest absolute Gasteiger partial charge is 0.478 e. The van der Waals surface area contributed by atoms with Gasteiger partial charge in [-0.25, -0.2) is 14.8 Å². The molecule has 0 saturated heterocycles. The van der Waals surface area contributed by atoms with E-state index in [-0.39, 0.29) is 5.56 Å². The van der Waals surface area contributed by atoms with Crippen molar-refractivity contribution in [1.29, 1.82) is 0 Å². The summed E-state index contributed by atoms with van der Waals surface area (Å²) >= 11 is 0. The van der Waals surface area contributed by atoms with Crippen molar-refractivity contribution >= 4 is 11.7 Å². The van der Waals surface area contributed by atoms with Gasteiger partial charge in [-0.15, -0.1) is 0 Å². The van der Waals surface area contributed by atoms with Crippen LogP contribution in [0, 0.1) is 0 Å². The van der Waals surface area contributed by atoms with Crippen molar-refractivity contribution in [2.75, 3.05) is 7.05 Å². The summed E-state index contributed by atoms with van der Waals surface area (Å²) in [6.45, 7) is 5.90. The Hall–Kier alpha value is -2.17. The van der Waals surface area contributed by atoms with Gasteiger partial charge in [0.2, 0.25) is 0 Å². The van der Waals surface area contributed by atoms with Crippen molar-refractivity contribution in [1.82, 2.24) is 15.3 Å². The van der Waals surface area contributed by atoms with Gasteiger partial charge in [-0.05, 0) is 13.0 Å². The van der Waals surface area contributed by atoms with E-state index in [9.17, 15) is 4.79 Å². The molecule has 0 aliphatic carbocycles. The van der Waals surface area contributed by atoms with Crippen LogP contribution in [0.3, 0.4) is 0 Å². The van der Waals surface area contributed by atoms with Crippen LogP contribution in [0.25, 0.3) is 5.70 Å². The summed E-state index contributed by atoms with van der Waals surface area (Å²) in [6, 6.07) is 0. The van der Waals surface area contributed by atoms with Gasteiger partial charge in [-0.1, -0.05) is 26.0 Å². The SMILES string of the molecule is C/C=C\C=C(/NC)c1ncc(C(=O)O)cn1.CC. The molecule has 1 aromatic rings. The molecule has 0 aromatic carbocycles. The van der Waals surface area contributed by atoms with Crippen molar-refractivity contribution in [2.24, 2.45) is 0 Å². The smallest absolute Gasteiger partial charge is 0.338 e. The summed E-state index contributed by atoms with van der Waals surface area (Å²) in [6.07, 6.45) is 8.11. The maximum atomic E-state index is 10.6. The topological polar surface area (TPSA) is 75.1 Å². The van der Waals surface area contributed by atoms with E-state index in [4.69, 9.17) is 5.11 Å². The molecule has 1 rings (SSSR count). The maximum Gasteiger partial charge on any atom is 0.338 e. The number of aromatic carboxylic acids is 1. The number of nitrogens with one attached hydrogen (secondary N) is 1. The van der Waals surface area contributed by atoms with Crippen molar-refractivity contribution in [2.45, 2.75) is 20.8 Å². The Morgan fingerprint density at radius 1 is 1.33 bits per heavy atom. The number of nitrogens with zero attached hydrogens (tertiary/aromatic N) is 2. The molecule has 5 heteroatoms. The highest BCUT2D eigenvalue weighted by molar-refractivity contribution is 5.86. The van der Waals surface area contributed by atoms with Crippen molar-refractivity contribution in [3.8, 4) is 0 Å². The number of rotatable bonds is 4. The number of allylic oxidation sites excluding steroid dienone is 3. The van der Waals surface area contributed by atoms with Gasteiger partial charge in [0, 0.05) is 19.4 Å². The zero-order valence-corrected chi connectivity index (χ0v) is 11.1. The second kappa shape index (κ2) is 8.92. The molecule has 98 valence electrons. The first-order valence-electron chi connectivity index (χ1n) is 5.75. The van der Waals surface area contributed by atoms with E-state index in [1.54, 1.807) is 7.05 Å². The third-order valence-corrected chi connectivity index (χ3v) is 1.86. The minimum atomic E-state index is -1.03. The molecule has 0 aliphatic rings. The molecular weight excluding hydrogens is 230 g/mol. The Bertz CT molecular complexity index is 422. The Kier molecular flexibility index (Phi) is 7.85. The summed E-state index contributed by atoms with van der Waals surface area (Å²) in [5, 5.41) is 11.6. The summed E-state index contributed by atoms with van der Waals surface area (Å²) in [4.78, 5) is 18.5. The fourth-order valence-electron chi connectivity index (χ4n) is 1.04. The number of carbonyl (C=O) groups is 1. The fourth-order valence-corrected chi connectivity index (χ4v) is 1.04. The number of carboxylic acids is 1. The van der Waals surface area contributed by atoms with Crippen LogP contribution < -0.4 is 5.32 Å².